The summed E-state index contributed by atoms with van der Waals surface area (Å²) >= 11 is 0. The normalized spacial score (nSPS) is 11.4. The maximum atomic E-state index is 12.2. The number of carbonyl (C=O) groups excluding carboxylic acids is 1. The molecule has 134 valence electrons. The average Bonchev–Trinajstić information content (AvgIpc) is 2.54. The highest BCUT2D eigenvalue weighted by molar-refractivity contribution is 7.89. The molecule has 0 bridgehead atoms. The smallest absolute Gasteiger partial charge is 0.387 e. The van der Waals surface area contributed by atoms with Crippen molar-refractivity contribution in [1.82, 2.24) is 5.32 Å². The Morgan fingerprint density at radius 1 is 1.16 bits per heavy atom. The minimum atomic E-state index is -3.74. The lowest BCUT2D eigenvalue weighted by Crippen LogP contribution is -2.25. The quantitative estimate of drug-likeness (QED) is 0.778. The van der Waals surface area contributed by atoms with E-state index in [1.54, 1.807) is 12.1 Å². The van der Waals surface area contributed by atoms with Crippen LogP contribution in [-0.2, 0) is 16.4 Å². The number of ether oxygens (including phenoxy) is 1. The van der Waals surface area contributed by atoms with Crippen LogP contribution in [0.15, 0.2) is 53.4 Å². The molecular weight excluding hydrogens is 354 g/mol. The van der Waals surface area contributed by atoms with Crippen molar-refractivity contribution < 1.29 is 26.7 Å². The second-order valence-electron chi connectivity index (χ2n) is 5.10. The van der Waals surface area contributed by atoms with Gasteiger partial charge in [-0.25, -0.2) is 13.6 Å². The second kappa shape index (κ2) is 8.04. The monoisotopic (exact) mass is 370 g/mol. The molecule has 9 heteroatoms. The van der Waals surface area contributed by atoms with Crippen LogP contribution in [0.4, 0.5) is 8.78 Å². The van der Waals surface area contributed by atoms with E-state index in [-0.39, 0.29) is 22.8 Å². The number of amides is 1. The second-order valence-corrected chi connectivity index (χ2v) is 6.66. The SMILES string of the molecule is NS(=O)(=O)c1ccc(CCNC(=O)c2cccc(OC(F)F)c2)cc1. The summed E-state index contributed by atoms with van der Waals surface area (Å²) in [6, 6.07) is 11.5. The Bertz CT molecular complexity index is 839. The molecule has 6 nitrogen and oxygen atoms in total. The molecule has 0 unspecified atom stereocenters. The lowest BCUT2D eigenvalue weighted by atomic mass is 10.1. The lowest BCUT2D eigenvalue weighted by Gasteiger charge is -2.08. The van der Waals surface area contributed by atoms with E-state index in [0.29, 0.717) is 6.42 Å². The summed E-state index contributed by atoms with van der Waals surface area (Å²) in [5, 5.41) is 7.66. The third kappa shape index (κ3) is 5.80. The predicted molar refractivity (Wildman–Crippen MR) is 86.9 cm³/mol. The van der Waals surface area contributed by atoms with Crippen LogP contribution >= 0.6 is 0 Å². The molecule has 2 aromatic rings. The van der Waals surface area contributed by atoms with Gasteiger partial charge in [-0.15, -0.1) is 0 Å². The number of benzene rings is 2. The van der Waals surface area contributed by atoms with Gasteiger partial charge in [0.05, 0.1) is 4.90 Å². The van der Waals surface area contributed by atoms with Crippen molar-refractivity contribution in [2.45, 2.75) is 17.9 Å². The largest absolute Gasteiger partial charge is 0.435 e. The van der Waals surface area contributed by atoms with Gasteiger partial charge in [-0.2, -0.15) is 8.78 Å². The number of hydrogen-bond acceptors (Lipinski definition) is 4. The minimum absolute atomic E-state index is 0.0103. The number of sulfonamides is 1. The van der Waals surface area contributed by atoms with Gasteiger partial charge < -0.3 is 10.1 Å². The molecule has 0 radical (unpaired) electrons. The summed E-state index contributed by atoms with van der Waals surface area (Å²) < 4.78 is 50.9. The molecule has 0 spiro atoms. The molecular formula is C16H16F2N2O4S. The summed E-state index contributed by atoms with van der Waals surface area (Å²) in [6.45, 7) is -2.67. The van der Waals surface area contributed by atoms with E-state index in [1.165, 1.54) is 36.4 Å². The summed E-state index contributed by atoms with van der Waals surface area (Å²) in [4.78, 5) is 12.0. The first-order valence-corrected chi connectivity index (χ1v) is 8.75. The molecule has 0 aliphatic rings. The Balaban J connectivity index is 1.90. The Hall–Kier alpha value is -2.52. The molecule has 1 amide bonds. The Morgan fingerprint density at radius 3 is 2.44 bits per heavy atom. The molecule has 0 heterocycles. The van der Waals surface area contributed by atoms with Crippen LogP contribution in [0.3, 0.4) is 0 Å². The van der Waals surface area contributed by atoms with E-state index in [9.17, 15) is 22.0 Å². The zero-order valence-corrected chi connectivity index (χ0v) is 13.8. The number of rotatable bonds is 7. The Kier molecular flexibility index (Phi) is 6.05. The highest BCUT2D eigenvalue weighted by atomic mass is 32.2. The molecule has 0 saturated carbocycles. The van der Waals surface area contributed by atoms with Crippen molar-refractivity contribution in [3.63, 3.8) is 0 Å². The van der Waals surface area contributed by atoms with Gasteiger partial charge in [-0.3, -0.25) is 4.79 Å². The van der Waals surface area contributed by atoms with Crippen LogP contribution in [0.5, 0.6) is 5.75 Å². The molecule has 0 fully saturated rings. The number of halogens is 2. The fraction of sp³-hybridized carbons (Fsp3) is 0.188. The predicted octanol–water partition coefficient (Wildman–Crippen LogP) is 1.91. The van der Waals surface area contributed by atoms with Crippen LogP contribution in [0, 0.1) is 0 Å². The van der Waals surface area contributed by atoms with Crippen molar-refractivity contribution in [2.75, 3.05) is 6.54 Å². The van der Waals surface area contributed by atoms with Gasteiger partial charge >= 0.3 is 6.61 Å². The number of carbonyl (C=O) groups is 1. The molecule has 0 aromatic heterocycles. The molecule has 2 rings (SSSR count). The van der Waals surface area contributed by atoms with E-state index >= 15 is 0 Å². The van der Waals surface area contributed by atoms with Crippen molar-refractivity contribution in [3.05, 3.63) is 59.7 Å². The molecule has 25 heavy (non-hydrogen) atoms. The van der Waals surface area contributed by atoms with Gasteiger partial charge in [0.15, 0.2) is 0 Å². The third-order valence-electron chi connectivity index (χ3n) is 3.27. The van der Waals surface area contributed by atoms with Gasteiger partial charge in [0.2, 0.25) is 10.0 Å². The number of primary sulfonamides is 1. The molecule has 2 aromatic carbocycles. The zero-order chi connectivity index (χ0) is 18.4. The van der Waals surface area contributed by atoms with Crippen molar-refractivity contribution in [2.24, 2.45) is 5.14 Å². The van der Waals surface area contributed by atoms with Crippen LogP contribution in [0.1, 0.15) is 15.9 Å². The fourth-order valence-corrected chi connectivity index (χ4v) is 2.60. The van der Waals surface area contributed by atoms with E-state index < -0.39 is 22.5 Å². The molecule has 0 saturated heterocycles. The number of alkyl halides is 2. The van der Waals surface area contributed by atoms with Crippen LogP contribution in [0.25, 0.3) is 0 Å². The van der Waals surface area contributed by atoms with E-state index in [0.717, 1.165) is 5.56 Å². The van der Waals surface area contributed by atoms with Crippen LogP contribution < -0.4 is 15.2 Å². The lowest BCUT2D eigenvalue weighted by molar-refractivity contribution is -0.0498. The van der Waals surface area contributed by atoms with E-state index in [2.05, 4.69) is 10.1 Å². The minimum Gasteiger partial charge on any atom is -0.435 e. The maximum Gasteiger partial charge on any atom is 0.387 e. The maximum absolute atomic E-state index is 12.2. The summed E-state index contributed by atoms with van der Waals surface area (Å²) in [7, 11) is -3.74. The van der Waals surface area contributed by atoms with E-state index in [4.69, 9.17) is 5.14 Å². The first kappa shape index (κ1) is 18.8. The van der Waals surface area contributed by atoms with Crippen molar-refractivity contribution >= 4 is 15.9 Å². The van der Waals surface area contributed by atoms with Gasteiger partial charge in [-0.1, -0.05) is 18.2 Å². The molecule has 0 aliphatic heterocycles. The molecule has 0 aliphatic carbocycles. The van der Waals surface area contributed by atoms with Gasteiger partial charge in [-0.05, 0) is 42.3 Å². The number of nitrogens with one attached hydrogen (secondary N) is 1. The van der Waals surface area contributed by atoms with Gasteiger partial charge in [0.1, 0.15) is 5.75 Å². The average molecular weight is 370 g/mol. The summed E-state index contributed by atoms with van der Waals surface area (Å²) in [6.07, 6.45) is 0.462. The van der Waals surface area contributed by atoms with Crippen LogP contribution in [-0.4, -0.2) is 27.5 Å². The van der Waals surface area contributed by atoms with Gasteiger partial charge in [0.25, 0.3) is 5.91 Å². The first-order valence-electron chi connectivity index (χ1n) is 7.20. The highest BCUT2D eigenvalue weighted by Gasteiger charge is 2.10. The van der Waals surface area contributed by atoms with E-state index in [1.807, 2.05) is 0 Å². The Morgan fingerprint density at radius 2 is 1.84 bits per heavy atom. The zero-order valence-electron chi connectivity index (χ0n) is 13.0. The highest BCUT2D eigenvalue weighted by Crippen LogP contribution is 2.16. The first-order chi connectivity index (χ1) is 11.8. The fourth-order valence-electron chi connectivity index (χ4n) is 2.08. The molecule has 0 atom stereocenters. The Labute approximate surface area is 143 Å². The summed E-state index contributed by atoms with van der Waals surface area (Å²) in [5.41, 5.74) is 1.00. The van der Waals surface area contributed by atoms with Crippen molar-refractivity contribution in [1.29, 1.82) is 0 Å². The van der Waals surface area contributed by atoms with Crippen LogP contribution in [0.2, 0.25) is 0 Å². The number of hydrogen-bond donors (Lipinski definition) is 2. The third-order valence-corrected chi connectivity index (χ3v) is 4.20. The molecule has 3 N–H and O–H groups in total. The van der Waals surface area contributed by atoms with Gasteiger partial charge in [0, 0.05) is 12.1 Å². The topological polar surface area (TPSA) is 98.5 Å². The van der Waals surface area contributed by atoms with Crippen molar-refractivity contribution in [3.8, 4) is 5.75 Å². The number of nitrogens with two attached hydrogens (primary N) is 1. The summed E-state index contributed by atoms with van der Waals surface area (Å²) in [5.74, 6) is -0.526. The standard InChI is InChI=1S/C16H16F2N2O4S/c17-16(18)24-13-3-1-2-12(10-13)15(21)20-9-8-11-4-6-14(7-5-11)25(19,22)23/h1-7,10,16H,8-9H2,(H,20,21)(H2,19,22,23).